The third kappa shape index (κ3) is 2.56. The summed E-state index contributed by atoms with van der Waals surface area (Å²) in [6.45, 7) is 0.249. The van der Waals surface area contributed by atoms with Gasteiger partial charge in [0.25, 0.3) is 5.91 Å². The van der Waals surface area contributed by atoms with Crippen molar-refractivity contribution in [1.29, 1.82) is 0 Å². The lowest BCUT2D eigenvalue weighted by molar-refractivity contribution is 0.0945. The molecule has 1 fully saturated rings. The Morgan fingerprint density at radius 3 is 2.80 bits per heavy atom. The van der Waals surface area contributed by atoms with Gasteiger partial charge in [-0.2, -0.15) is 0 Å². The van der Waals surface area contributed by atoms with Crippen molar-refractivity contribution < 1.29 is 9.90 Å². The van der Waals surface area contributed by atoms with Crippen LogP contribution in [0, 0.1) is 11.8 Å². The molecule has 0 saturated heterocycles. The Hall–Kier alpha value is -1.81. The molecule has 3 N–H and O–H groups in total. The molecule has 1 aromatic carbocycles. The highest BCUT2D eigenvalue weighted by atomic mass is 16.3. The third-order valence-corrected chi connectivity index (χ3v) is 4.26. The van der Waals surface area contributed by atoms with Gasteiger partial charge in [0.2, 0.25) is 0 Å². The van der Waals surface area contributed by atoms with Gasteiger partial charge in [-0.3, -0.25) is 4.79 Å². The summed E-state index contributed by atoms with van der Waals surface area (Å²) in [5.74, 6) is 1.38. The van der Waals surface area contributed by atoms with Crippen molar-refractivity contribution in [2.45, 2.75) is 18.9 Å². The van der Waals surface area contributed by atoms with Crippen LogP contribution in [-0.2, 0) is 0 Å². The van der Waals surface area contributed by atoms with Gasteiger partial charge in [0.1, 0.15) is 0 Å². The SMILES string of the molecule is O=C(NCCO)c1ccc(NC2CC3CC=CC32)cc1. The largest absolute Gasteiger partial charge is 0.395 e. The Labute approximate surface area is 118 Å². The van der Waals surface area contributed by atoms with Crippen molar-refractivity contribution in [3.63, 3.8) is 0 Å². The average molecular weight is 272 g/mol. The first-order valence-electron chi connectivity index (χ1n) is 7.20. The molecule has 0 aliphatic heterocycles. The summed E-state index contributed by atoms with van der Waals surface area (Å²) in [6, 6.07) is 8.05. The maximum atomic E-state index is 11.7. The highest BCUT2D eigenvalue weighted by Crippen LogP contribution is 2.43. The summed E-state index contributed by atoms with van der Waals surface area (Å²) in [5.41, 5.74) is 1.68. The van der Waals surface area contributed by atoms with E-state index in [4.69, 9.17) is 5.11 Å². The number of hydrogen-bond donors (Lipinski definition) is 3. The Morgan fingerprint density at radius 1 is 1.30 bits per heavy atom. The molecular weight excluding hydrogens is 252 g/mol. The van der Waals surface area contributed by atoms with Crippen LogP contribution in [-0.4, -0.2) is 30.2 Å². The van der Waals surface area contributed by atoms with Crippen molar-refractivity contribution in [3.05, 3.63) is 42.0 Å². The predicted molar refractivity (Wildman–Crippen MR) is 78.6 cm³/mol. The number of carbonyl (C=O) groups is 1. The van der Waals surface area contributed by atoms with Gasteiger partial charge < -0.3 is 15.7 Å². The topological polar surface area (TPSA) is 61.4 Å². The first-order valence-corrected chi connectivity index (χ1v) is 7.20. The second-order valence-corrected chi connectivity index (χ2v) is 5.54. The molecule has 106 valence electrons. The molecular formula is C16H20N2O2. The average Bonchev–Trinajstić information content (AvgIpc) is 2.84. The maximum Gasteiger partial charge on any atom is 0.251 e. The molecule has 4 heteroatoms. The first-order chi connectivity index (χ1) is 9.78. The molecule has 0 aromatic heterocycles. The lowest BCUT2D eigenvalue weighted by atomic mass is 9.71. The van der Waals surface area contributed by atoms with Crippen molar-refractivity contribution >= 4 is 11.6 Å². The van der Waals surface area contributed by atoms with Gasteiger partial charge in [-0.25, -0.2) is 0 Å². The molecule has 3 atom stereocenters. The van der Waals surface area contributed by atoms with Crippen LogP contribution < -0.4 is 10.6 Å². The van der Waals surface area contributed by atoms with E-state index in [1.54, 1.807) is 0 Å². The maximum absolute atomic E-state index is 11.7. The number of hydrogen-bond acceptors (Lipinski definition) is 3. The predicted octanol–water partition coefficient (Wildman–Crippen LogP) is 1.79. The van der Waals surface area contributed by atoms with Gasteiger partial charge in [-0.15, -0.1) is 0 Å². The number of anilines is 1. The number of fused-ring (bicyclic) bond motifs is 1. The minimum absolute atomic E-state index is 0.0386. The fourth-order valence-electron chi connectivity index (χ4n) is 3.09. The molecule has 0 spiro atoms. The highest BCUT2D eigenvalue weighted by molar-refractivity contribution is 5.94. The minimum atomic E-state index is -0.145. The van der Waals surface area contributed by atoms with Crippen LogP contribution in [0.3, 0.4) is 0 Å². The summed E-state index contributed by atoms with van der Waals surface area (Å²) in [4.78, 5) is 11.7. The summed E-state index contributed by atoms with van der Waals surface area (Å²) in [7, 11) is 0. The summed E-state index contributed by atoms with van der Waals surface area (Å²) < 4.78 is 0. The van der Waals surface area contributed by atoms with E-state index >= 15 is 0 Å². The van der Waals surface area contributed by atoms with Crippen molar-refractivity contribution in [2.75, 3.05) is 18.5 Å². The summed E-state index contributed by atoms with van der Waals surface area (Å²) in [5, 5.41) is 14.9. The lowest BCUT2D eigenvalue weighted by Crippen LogP contribution is -2.43. The number of amides is 1. The van der Waals surface area contributed by atoms with Crippen LogP contribution in [0.25, 0.3) is 0 Å². The molecule has 2 aliphatic rings. The van der Waals surface area contributed by atoms with Crippen molar-refractivity contribution in [3.8, 4) is 0 Å². The van der Waals surface area contributed by atoms with E-state index in [2.05, 4.69) is 22.8 Å². The summed E-state index contributed by atoms with van der Waals surface area (Å²) >= 11 is 0. The Bertz CT molecular complexity index is 510. The van der Waals surface area contributed by atoms with E-state index < -0.39 is 0 Å². The zero-order chi connectivity index (χ0) is 13.9. The molecule has 3 rings (SSSR count). The van der Waals surface area contributed by atoms with E-state index in [1.165, 1.54) is 12.8 Å². The van der Waals surface area contributed by atoms with Crippen LogP contribution in [0.2, 0.25) is 0 Å². The molecule has 20 heavy (non-hydrogen) atoms. The second kappa shape index (κ2) is 5.67. The van der Waals surface area contributed by atoms with E-state index in [9.17, 15) is 4.79 Å². The smallest absolute Gasteiger partial charge is 0.251 e. The van der Waals surface area contributed by atoms with Gasteiger partial charge in [-0.1, -0.05) is 12.2 Å². The number of aliphatic hydroxyl groups excluding tert-OH is 1. The third-order valence-electron chi connectivity index (χ3n) is 4.26. The van der Waals surface area contributed by atoms with Crippen LogP contribution in [0.1, 0.15) is 23.2 Å². The second-order valence-electron chi connectivity index (χ2n) is 5.54. The van der Waals surface area contributed by atoms with E-state index in [0.717, 1.165) is 11.6 Å². The molecule has 0 bridgehead atoms. The van der Waals surface area contributed by atoms with Gasteiger partial charge in [0, 0.05) is 29.8 Å². The fourth-order valence-corrected chi connectivity index (χ4v) is 3.09. The molecule has 1 saturated carbocycles. The van der Waals surface area contributed by atoms with Gasteiger partial charge >= 0.3 is 0 Å². The van der Waals surface area contributed by atoms with Gasteiger partial charge in [0.15, 0.2) is 0 Å². The van der Waals surface area contributed by atoms with Crippen LogP contribution in [0.5, 0.6) is 0 Å². The number of carbonyl (C=O) groups excluding carboxylic acids is 1. The normalized spacial score (nSPS) is 26.8. The fraction of sp³-hybridized carbons (Fsp3) is 0.438. The standard InChI is InChI=1S/C16H20N2O2/c19-9-8-17-16(20)11-4-6-13(7-5-11)18-15-10-12-2-1-3-14(12)15/h1,3-7,12,14-15,18-19H,2,8-10H2,(H,17,20). The number of aliphatic hydroxyl groups is 1. The van der Waals surface area contributed by atoms with Crippen molar-refractivity contribution in [2.24, 2.45) is 11.8 Å². The number of nitrogens with one attached hydrogen (secondary N) is 2. The van der Waals surface area contributed by atoms with E-state index in [1.807, 2.05) is 24.3 Å². The Balaban J connectivity index is 1.56. The van der Waals surface area contributed by atoms with Crippen LogP contribution >= 0.6 is 0 Å². The summed E-state index contributed by atoms with van der Waals surface area (Å²) in [6.07, 6.45) is 7.07. The molecule has 0 heterocycles. The van der Waals surface area contributed by atoms with E-state index in [-0.39, 0.29) is 19.1 Å². The van der Waals surface area contributed by atoms with E-state index in [0.29, 0.717) is 17.5 Å². The first kappa shape index (κ1) is 13.2. The Kier molecular flexibility index (Phi) is 3.74. The minimum Gasteiger partial charge on any atom is -0.395 e. The quantitative estimate of drug-likeness (QED) is 0.716. The number of benzene rings is 1. The zero-order valence-electron chi connectivity index (χ0n) is 11.4. The zero-order valence-corrected chi connectivity index (χ0v) is 11.4. The molecule has 0 radical (unpaired) electrons. The highest BCUT2D eigenvalue weighted by Gasteiger charge is 2.40. The number of allylic oxidation sites excluding steroid dienone is 1. The molecule has 4 nitrogen and oxygen atoms in total. The van der Waals surface area contributed by atoms with Crippen LogP contribution in [0.4, 0.5) is 5.69 Å². The van der Waals surface area contributed by atoms with Crippen molar-refractivity contribution in [1.82, 2.24) is 5.32 Å². The molecule has 2 aliphatic carbocycles. The molecule has 1 aromatic rings. The monoisotopic (exact) mass is 272 g/mol. The van der Waals surface area contributed by atoms with Gasteiger partial charge in [-0.05, 0) is 43.0 Å². The molecule has 3 unspecified atom stereocenters. The van der Waals surface area contributed by atoms with Crippen LogP contribution in [0.15, 0.2) is 36.4 Å². The van der Waals surface area contributed by atoms with Gasteiger partial charge in [0.05, 0.1) is 6.61 Å². The lowest BCUT2D eigenvalue weighted by Gasteiger charge is -2.41. The molecule has 1 amide bonds. The number of rotatable bonds is 5. The Morgan fingerprint density at radius 2 is 2.10 bits per heavy atom.